The third-order valence-corrected chi connectivity index (χ3v) is 12.2. The zero-order chi connectivity index (χ0) is 38.6. The Kier molecular flexibility index (Phi) is 8.24. The van der Waals surface area contributed by atoms with Crippen LogP contribution in [0, 0.1) is 0 Å². The van der Waals surface area contributed by atoms with Crippen molar-refractivity contribution in [2.24, 2.45) is 4.99 Å². The predicted molar refractivity (Wildman–Crippen MR) is 245 cm³/mol. The molecule has 0 bridgehead atoms. The predicted octanol–water partition coefficient (Wildman–Crippen LogP) is 14.4. The fourth-order valence-corrected chi connectivity index (χ4v) is 9.37. The minimum Gasteiger partial charge on any atom is -0.312 e. The van der Waals surface area contributed by atoms with Gasteiger partial charge in [-0.2, -0.15) is 0 Å². The molecule has 274 valence electrons. The summed E-state index contributed by atoms with van der Waals surface area (Å²) in [5.41, 5.74) is 20.6. The number of allylic oxidation sites excluding steroid dienone is 3. The van der Waals surface area contributed by atoms with Crippen molar-refractivity contribution in [3.63, 3.8) is 0 Å². The molecule has 0 fully saturated rings. The molecule has 0 saturated carbocycles. The van der Waals surface area contributed by atoms with Crippen molar-refractivity contribution in [2.45, 2.75) is 25.7 Å². The van der Waals surface area contributed by atoms with Gasteiger partial charge in [0, 0.05) is 39.4 Å². The van der Waals surface area contributed by atoms with Gasteiger partial charge in [0.25, 0.3) is 0 Å². The van der Waals surface area contributed by atoms with Gasteiger partial charge >= 0.3 is 0 Å². The van der Waals surface area contributed by atoms with Crippen molar-refractivity contribution in [3.05, 3.63) is 227 Å². The third-order valence-electron chi connectivity index (χ3n) is 12.2. The van der Waals surface area contributed by atoms with Gasteiger partial charge in [-0.15, -0.1) is 5.73 Å². The molecule has 2 heteroatoms. The van der Waals surface area contributed by atoms with E-state index >= 15 is 0 Å². The summed E-state index contributed by atoms with van der Waals surface area (Å²) in [6.45, 7) is 2.37. The number of nitrogens with zero attached hydrogens (tertiary/aromatic N) is 2. The van der Waals surface area contributed by atoms with Gasteiger partial charge in [0.05, 0.1) is 16.9 Å². The molecule has 0 N–H and O–H groups in total. The fourth-order valence-electron chi connectivity index (χ4n) is 9.37. The van der Waals surface area contributed by atoms with E-state index in [2.05, 4.69) is 199 Å². The smallest absolute Gasteiger partial charge is 0.0665 e. The lowest BCUT2D eigenvalue weighted by molar-refractivity contribution is 0.721. The molecule has 1 aromatic heterocycles. The molecule has 0 amide bonds. The second-order valence-electron chi connectivity index (χ2n) is 15.7. The van der Waals surface area contributed by atoms with Crippen molar-refractivity contribution < 1.29 is 0 Å². The van der Waals surface area contributed by atoms with Crippen LogP contribution < -0.4 is 0 Å². The number of aromatic nitrogens is 1. The zero-order valence-electron chi connectivity index (χ0n) is 32.4. The van der Waals surface area contributed by atoms with Crippen molar-refractivity contribution in [1.29, 1.82) is 0 Å². The first-order valence-electron chi connectivity index (χ1n) is 20.3. The SMILES string of the molecule is CC1Cc2c(c3c4ccccc4ccc3n2-c2ccc(C=Nc3ccccc3Cc3ccc(-c4cccc(C5=C=CC=C5)c4)cc3)c3ccccc23)-c2ccccc21. The van der Waals surface area contributed by atoms with Gasteiger partial charge in [0.2, 0.25) is 0 Å². The van der Waals surface area contributed by atoms with Crippen LogP contribution in [0.4, 0.5) is 5.69 Å². The van der Waals surface area contributed by atoms with Crippen molar-refractivity contribution in [2.75, 3.05) is 0 Å². The molecule has 9 aromatic rings. The molecule has 1 atom stereocenters. The van der Waals surface area contributed by atoms with Gasteiger partial charge in [0.15, 0.2) is 0 Å². The number of hydrogen-bond donors (Lipinski definition) is 0. The van der Waals surface area contributed by atoms with Crippen LogP contribution in [0.25, 0.3) is 66.0 Å². The largest absolute Gasteiger partial charge is 0.312 e. The Bertz CT molecular complexity index is 3220. The Balaban J connectivity index is 0.954. The van der Waals surface area contributed by atoms with Crippen LogP contribution in [0.5, 0.6) is 0 Å². The van der Waals surface area contributed by atoms with Crippen molar-refractivity contribution >= 4 is 49.9 Å². The van der Waals surface area contributed by atoms with Crippen LogP contribution >= 0.6 is 0 Å². The molecule has 0 saturated heterocycles. The number of para-hydroxylation sites is 1. The van der Waals surface area contributed by atoms with Gasteiger partial charge in [-0.3, -0.25) is 4.99 Å². The molecule has 2 nitrogen and oxygen atoms in total. The summed E-state index contributed by atoms with van der Waals surface area (Å²) < 4.78 is 2.56. The lowest BCUT2D eigenvalue weighted by Gasteiger charge is -2.25. The van der Waals surface area contributed by atoms with Crippen LogP contribution in [-0.2, 0) is 12.8 Å². The standard InChI is InChI=1S/C56H40N2/c1-37-33-54-56(50-23-10-7-19-46(37)50)55-48-21-6-4-15-41(48)29-32-53(55)58(54)52-31-30-45(47-20-8-9-22-49(47)52)36-57-51-24-11-5-16-44(51)34-38-25-27-40(28-26-38)43-18-12-17-42(35-43)39-13-2-3-14-39/h2-13,15-32,35-37H,33-34H2,1H3. The third kappa shape index (κ3) is 5.77. The van der Waals surface area contributed by atoms with Gasteiger partial charge in [-0.1, -0.05) is 159 Å². The van der Waals surface area contributed by atoms with E-state index in [1.807, 2.05) is 12.2 Å². The van der Waals surface area contributed by atoms with Crippen LogP contribution in [0.3, 0.4) is 0 Å². The zero-order valence-corrected chi connectivity index (χ0v) is 32.4. The number of aliphatic imine (C=N–C) groups is 1. The molecule has 58 heavy (non-hydrogen) atoms. The maximum Gasteiger partial charge on any atom is 0.0665 e. The van der Waals surface area contributed by atoms with E-state index in [9.17, 15) is 0 Å². The monoisotopic (exact) mass is 740 g/mol. The summed E-state index contributed by atoms with van der Waals surface area (Å²) in [6.07, 6.45) is 9.95. The van der Waals surface area contributed by atoms with Gasteiger partial charge in [0.1, 0.15) is 0 Å². The minimum atomic E-state index is 0.417. The lowest BCUT2D eigenvalue weighted by atomic mass is 9.81. The van der Waals surface area contributed by atoms with E-state index in [4.69, 9.17) is 4.99 Å². The minimum absolute atomic E-state index is 0.417. The molecule has 0 radical (unpaired) electrons. The maximum atomic E-state index is 5.17. The first-order chi connectivity index (χ1) is 28.7. The van der Waals surface area contributed by atoms with Crippen LogP contribution in [0.2, 0.25) is 0 Å². The van der Waals surface area contributed by atoms with Gasteiger partial charge < -0.3 is 4.57 Å². The van der Waals surface area contributed by atoms with E-state index < -0.39 is 0 Å². The highest BCUT2D eigenvalue weighted by Crippen LogP contribution is 2.48. The molecule has 11 rings (SSSR count). The molecule has 0 aliphatic heterocycles. The lowest BCUT2D eigenvalue weighted by Crippen LogP contribution is -2.12. The van der Waals surface area contributed by atoms with Crippen LogP contribution in [-0.4, -0.2) is 10.8 Å². The molecule has 0 spiro atoms. The number of hydrogen-bond acceptors (Lipinski definition) is 1. The van der Waals surface area contributed by atoms with E-state index in [1.165, 1.54) is 88.3 Å². The molecular formula is C56H40N2. The quantitative estimate of drug-likeness (QED) is 0.114. The molecule has 1 unspecified atom stereocenters. The summed E-state index contributed by atoms with van der Waals surface area (Å²) in [5.74, 6) is 0.417. The Morgan fingerprint density at radius 3 is 2.33 bits per heavy atom. The van der Waals surface area contributed by atoms with Crippen molar-refractivity contribution in [1.82, 2.24) is 4.57 Å². The molecular weight excluding hydrogens is 701 g/mol. The second kappa shape index (κ2) is 14.0. The average molecular weight is 741 g/mol. The molecule has 2 aliphatic rings. The van der Waals surface area contributed by atoms with E-state index in [0.717, 1.165) is 29.7 Å². The molecule has 8 aromatic carbocycles. The highest BCUT2D eigenvalue weighted by atomic mass is 15.0. The Labute approximate surface area is 339 Å². The van der Waals surface area contributed by atoms with Crippen molar-refractivity contribution in [3.8, 4) is 27.9 Å². The van der Waals surface area contributed by atoms with Gasteiger partial charge in [-0.25, -0.2) is 0 Å². The maximum absolute atomic E-state index is 5.17. The van der Waals surface area contributed by atoms with E-state index in [1.54, 1.807) is 0 Å². The fraction of sp³-hybridized carbons (Fsp3) is 0.0714. The number of benzene rings is 8. The summed E-state index contributed by atoms with van der Waals surface area (Å²) >= 11 is 0. The van der Waals surface area contributed by atoms with Gasteiger partial charge in [-0.05, 0) is 110 Å². The average Bonchev–Trinajstić information content (AvgIpc) is 3.94. The Hall–Kier alpha value is -7.25. The first-order valence-corrected chi connectivity index (χ1v) is 20.3. The van der Waals surface area contributed by atoms with Crippen LogP contribution in [0.15, 0.2) is 199 Å². The Morgan fingerprint density at radius 1 is 0.672 bits per heavy atom. The highest BCUT2D eigenvalue weighted by molar-refractivity contribution is 6.17. The van der Waals surface area contributed by atoms with E-state index in [-0.39, 0.29) is 0 Å². The summed E-state index contributed by atoms with van der Waals surface area (Å²) in [5, 5.41) is 6.33. The Morgan fingerprint density at radius 2 is 1.45 bits per heavy atom. The van der Waals surface area contributed by atoms with Crippen LogP contribution in [0.1, 0.15) is 46.4 Å². The molecule has 1 heterocycles. The summed E-state index contributed by atoms with van der Waals surface area (Å²) in [4.78, 5) is 5.17. The second-order valence-corrected chi connectivity index (χ2v) is 15.7. The summed E-state index contributed by atoms with van der Waals surface area (Å²) in [6, 6.07) is 62.1. The topological polar surface area (TPSA) is 17.3 Å². The summed E-state index contributed by atoms with van der Waals surface area (Å²) in [7, 11) is 0. The number of rotatable bonds is 7. The van der Waals surface area contributed by atoms with E-state index in [0.29, 0.717) is 5.92 Å². The highest BCUT2D eigenvalue weighted by Gasteiger charge is 2.30. The first kappa shape index (κ1) is 34.0. The molecule has 2 aliphatic carbocycles. The normalized spacial score (nSPS) is 14.4. The number of fused-ring (bicyclic) bond motifs is 8.